The van der Waals surface area contributed by atoms with Gasteiger partial charge in [0.05, 0.1) is 92.5 Å². The average Bonchev–Trinajstić information content (AvgIpc) is 3.77. The van der Waals surface area contributed by atoms with Crippen LogP contribution in [0.3, 0.4) is 0 Å². The molecule has 5 rings (SSSR count). The van der Waals surface area contributed by atoms with E-state index in [1.165, 1.54) is 0 Å². The van der Waals surface area contributed by atoms with E-state index in [9.17, 15) is 4.79 Å². The fourth-order valence-electron chi connectivity index (χ4n) is 6.22. The van der Waals surface area contributed by atoms with Crippen LogP contribution in [0.15, 0.2) is 48.2 Å². The number of fused-ring (bicyclic) bond motifs is 2. The van der Waals surface area contributed by atoms with Crippen molar-refractivity contribution in [3.05, 3.63) is 71.0 Å². The molecule has 0 unspecified atom stereocenters. The molecular formula is C39H54BF2N7O9. The number of aromatic nitrogens is 5. The van der Waals surface area contributed by atoms with Crippen LogP contribution in [-0.4, -0.2) is 154 Å². The van der Waals surface area contributed by atoms with E-state index in [-0.39, 0.29) is 18.7 Å². The highest BCUT2D eigenvalue weighted by molar-refractivity contribution is 6.58. The van der Waals surface area contributed by atoms with Crippen molar-refractivity contribution in [2.75, 3.05) is 106 Å². The average molecular weight is 814 g/mol. The number of rotatable bonds is 29. The molecular weight excluding hydrogens is 759 g/mol. The summed E-state index contributed by atoms with van der Waals surface area (Å²) in [7, 11) is 0. The van der Waals surface area contributed by atoms with E-state index in [1.54, 1.807) is 38.1 Å². The molecule has 0 atom stereocenters. The van der Waals surface area contributed by atoms with Gasteiger partial charge in [-0.2, -0.15) is 0 Å². The molecule has 16 nitrogen and oxygen atoms in total. The first-order valence-electron chi connectivity index (χ1n) is 19.6. The van der Waals surface area contributed by atoms with Crippen LogP contribution in [0.4, 0.5) is 8.63 Å². The molecule has 0 saturated heterocycles. The van der Waals surface area contributed by atoms with Crippen molar-refractivity contribution in [3.63, 3.8) is 0 Å². The molecule has 0 spiro atoms. The second-order valence-corrected chi connectivity index (χ2v) is 13.4. The molecule has 2 aromatic heterocycles. The highest BCUT2D eigenvalue weighted by atomic mass is 19.2. The number of nitrogens with one attached hydrogen (secondary N) is 1. The topological polar surface area (TPSA) is 162 Å². The lowest BCUT2D eigenvalue weighted by Crippen LogP contribution is -2.50. The Bertz CT molecular complexity index is 1830. The van der Waals surface area contributed by atoms with Gasteiger partial charge in [-0.3, -0.25) is 4.79 Å². The van der Waals surface area contributed by atoms with Gasteiger partial charge in [-0.25, -0.2) is 0 Å². The number of benzene rings is 1. The van der Waals surface area contributed by atoms with Crippen LogP contribution in [0.2, 0.25) is 0 Å². The van der Waals surface area contributed by atoms with Gasteiger partial charge in [0.1, 0.15) is 18.1 Å². The summed E-state index contributed by atoms with van der Waals surface area (Å²) in [4.78, 5) is 12.4. The van der Waals surface area contributed by atoms with Gasteiger partial charge in [0.15, 0.2) is 11.5 Å². The Labute approximate surface area is 337 Å². The summed E-state index contributed by atoms with van der Waals surface area (Å²) in [5.41, 5.74) is 3.55. The van der Waals surface area contributed by atoms with Crippen molar-refractivity contribution in [2.24, 2.45) is 0 Å². The first-order chi connectivity index (χ1) is 28.2. The van der Waals surface area contributed by atoms with E-state index < -0.39 is 6.97 Å². The van der Waals surface area contributed by atoms with E-state index in [1.807, 2.05) is 31.2 Å². The number of nitrogens with zero attached hydrogens (tertiary/aromatic N) is 6. The van der Waals surface area contributed by atoms with Gasteiger partial charge in [0.25, 0.3) is 0 Å². The standard InChI is InChI=1S/C39H54BF2N7O9/c1-30-28-31(2)48-37(30)29-35-7-6-34(49(35)40(48,41)42)8-11-38(50)43-12-13-51-14-15-52-16-17-53-18-19-54-20-21-55-22-23-56-24-25-57-26-27-58-36-9-4-33(5-10-36)39-46-44-32(3)45-47-39/h4-7,9-10,28-29H,8,11-27H2,1-3H3,(H,43,50). The van der Waals surface area contributed by atoms with Gasteiger partial charge in [0.2, 0.25) is 11.7 Å². The van der Waals surface area contributed by atoms with Crippen molar-refractivity contribution in [3.8, 4) is 17.1 Å². The molecule has 19 heteroatoms. The lowest BCUT2D eigenvalue weighted by atomic mass is 9.90. The summed E-state index contributed by atoms with van der Waals surface area (Å²) in [5.74, 6) is 1.48. The molecule has 4 heterocycles. The van der Waals surface area contributed by atoms with E-state index in [4.69, 9.17) is 37.9 Å². The van der Waals surface area contributed by atoms with E-state index >= 15 is 8.63 Å². The maximum absolute atomic E-state index is 15.5. The van der Waals surface area contributed by atoms with Crippen molar-refractivity contribution < 1.29 is 55.8 Å². The van der Waals surface area contributed by atoms with Crippen LogP contribution >= 0.6 is 0 Å². The highest BCUT2D eigenvalue weighted by Gasteiger charge is 2.52. The van der Waals surface area contributed by atoms with Gasteiger partial charge in [-0.15, -0.1) is 20.4 Å². The molecule has 0 saturated carbocycles. The van der Waals surface area contributed by atoms with Gasteiger partial charge < -0.3 is 60.8 Å². The van der Waals surface area contributed by atoms with E-state index in [2.05, 4.69) is 25.7 Å². The molecule has 0 bridgehead atoms. The molecule has 3 aromatic rings. The smallest absolute Gasteiger partial charge is 0.491 e. The Morgan fingerprint density at radius 3 is 1.78 bits per heavy atom. The minimum Gasteiger partial charge on any atom is -0.491 e. The first-order valence-corrected chi connectivity index (χ1v) is 19.6. The fraction of sp³-hybridized carbons (Fsp3) is 0.538. The Kier molecular flexibility index (Phi) is 18.3. The first kappa shape index (κ1) is 44.6. The quantitative estimate of drug-likeness (QED) is 0.0804. The summed E-state index contributed by atoms with van der Waals surface area (Å²) in [6, 6.07) is 9.16. The number of halogens is 2. The largest absolute Gasteiger partial charge is 0.737 e. The van der Waals surface area contributed by atoms with E-state index in [0.717, 1.165) is 25.8 Å². The predicted molar refractivity (Wildman–Crippen MR) is 211 cm³/mol. The maximum atomic E-state index is 15.5. The minimum atomic E-state index is -4.03. The third-order valence-electron chi connectivity index (χ3n) is 9.01. The third kappa shape index (κ3) is 13.8. The number of hydrogen-bond donors (Lipinski definition) is 1. The zero-order chi connectivity index (χ0) is 41.0. The van der Waals surface area contributed by atoms with Crippen LogP contribution in [0, 0.1) is 20.8 Å². The summed E-state index contributed by atoms with van der Waals surface area (Å²) in [6.07, 6.45) is 5.44. The summed E-state index contributed by atoms with van der Waals surface area (Å²) in [5, 5.41) is 18.7. The minimum absolute atomic E-state index is 0.0997. The molecule has 0 fully saturated rings. The molecule has 2 aliphatic rings. The molecule has 316 valence electrons. The SMILES string of the molecule is Cc1nnc(-c2ccc(OCCOCCOCCOCCOCCOCCOCCOCCNC(=O)CCC3=[N+]4C(=Cc5c(C)cc(C)n5[B-]4(F)F)C=C3)cc2)nn1. The lowest BCUT2D eigenvalue weighted by Gasteiger charge is -2.30. The van der Waals surface area contributed by atoms with Crippen LogP contribution in [0.1, 0.15) is 35.6 Å². The summed E-state index contributed by atoms with van der Waals surface area (Å²) < 4.78 is 77.5. The van der Waals surface area contributed by atoms with E-state index in [0.29, 0.717) is 140 Å². The fourth-order valence-corrected chi connectivity index (χ4v) is 6.22. The van der Waals surface area contributed by atoms with Crippen LogP contribution in [-0.2, 0) is 38.0 Å². The summed E-state index contributed by atoms with van der Waals surface area (Å²) in [6.45, 7) is 8.01. The second kappa shape index (κ2) is 23.8. The Morgan fingerprint density at radius 1 is 0.707 bits per heavy atom. The van der Waals surface area contributed by atoms with Gasteiger partial charge in [0, 0.05) is 48.9 Å². The molecule has 58 heavy (non-hydrogen) atoms. The zero-order valence-electron chi connectivity index (χ0n) is 33.5. The number of allylic oxidation sites excluding steroid dienone is 2. The number of carbonyl (C=O) groups excluding carboxylic acids is 1. The third-order valence-corrected chi connectivity index (χ3v) is 9.01. The van der Waals surface area contributed by atoms with Crippen molar-refractivity contribution in [1.82, 2.24) is 30.2 Å². The molecule has 1 N–H and O–H groups in total. The van der Waals surface area contributed by atoms with Crippen molar-refractivity contribution in [2.45, 2.75) is 33.6 Å². The van der Waals surface area contributed by atoms with Crippen LogP contribution in [0.5, 0.6) is 5.75 Å². The normalized spacial score (nSPS) is 14.1. The number of aryl methyl sites for hydroxylation is 3. The summed E-state index contributed by atoms with van der Waals surface area (Å²) >= 11 is 0. The van der Waals surface area contributed by atoms with Crippen LogP contribution in [0.25, 0.3) is 17.5 Å². The Morgan fingerprint density at radius 2 is 1.22 bits per heavy atom. The van der Waals surface area contributed by atoms with Gasteiger partial charge in [-0.1, -0.05) is 0 Å². The highest BCUT2D eigenvalue weighted by Crippen LogP contribution is 2.34. The number of ether oxygens (including phenoxy) is 8. The van der Waals surface area contributed by atoms with Crippen LogP contribution < -0.4 is 10.1 Å². The van der Waals surface area contributed by atoms with Gasteiger partial charge in [-0.05, 0) is 62.4 Å². The Hall–Kier alpha value is -4.50. The maximum Gasteiger partial charge on any atom is 0.737 e. The number of amides is 1. The number of hydrogen-bond acceptors (Lipinski definition) is 13. The molecule has 0 radical (unpaired) electrons. The predicted octanol–water partition coefficient (Wildman–Crippen LogP) is 3.35. The molecule has 0 aliphatic carbocycles. The van der Waals surface area contributed by atoms with Crippen molar-refractivity contribution >= 4 is 24.7 Å². The lowest BCUT2D eigenvalue weighted by molar-refractivity contribution is -0.362. The molecule has 2 aliphatic heterocycles. The molecule has 1 aromatic carbocycles. The van der Waals surface area contributed by atoms with Gasteiger partial charge >= 0.3 is 6.97 Å². The Balaban J connectivity index is 0.734. The monoisotopic (exact) mass is 813 g/mol. The second-order valence-electron chi connectivity index (χ2n) is 13.4. The molecule has 1 amide bonds. The zero-order valence-corrected chi connectivity index (χ0v) is 33.5. The van der Waals surface area contributed by atoms with Crippen molar-refractivity contribution in [1.29, 1.82) is 0 Å². The number of carbonyl (C=O) groups is 1.